The Labute approximate surface area is 115 Å². The second kappa shape index (κ2) is 3.39. The van der Waals surface area contributed by atoms with Gasteiger partial charge < -0.3 is 9.84 Å². The van der Waals surface area contributed by atoms with Crippen molar-refractivity contribution in [2.75, 3.05) is 6.61 Å². The fraction of sp³-hybridized carbons (Fsp3) is 1.00. The fourth-order valence-electron chi connectivity index (χ4n) is 7.37. The highest BCUT2D eigenvalue weighted by Crippen LogP contribution is 2.73. The lowest BCUT2D eigenvalue weighted by atomic mass is 9.33. The summed E-state index contributed by atoms with van der Waals surface area (Å²) in [5, 5.41) is 11.4. The molecule has 4 atom stereocenters. The summed E-state index contributed by atoms with van der Waals surface area (Å²) in [5.41, 5.74) is -0.277. The van der Waals surface area contributed by atoms with E-state index < -0.39 is 0 Å². The van der Waals surface area contributed by atoms with Gasteiger partial charge in [-0.1, -0.05) is 6.92 Å². The van der Waals surface area contributed by atoms with E-state index in [1.807, 2.05) is 0 Å². The normalized spacial score (nSPS) is 64.1. The zero-order valence-electron chi connectivity index (χ0n) is 12.0. The van der Waals surface area contributed by atoms with Crippen LogP contribution in [0.2, 0.25) is 0 Å². The molecule has 0 aromatic carbocycles. The van der Waals surface area contributed by atoms with Gasteiger partial charge in [0, 0.05) is 13.0 Å². The van der Waals surface area contributed by atoms with Crippen molar-refractivity contribution in [2.24, 2.45) is 35.5 Å². The van der Waals surface area contributed by atoms with E-state index >= 15 is 0 Å². The number of hydrogen-bond donors (Lipinski definition) is 1. The van der Waals surface area contributed by atoms with Gasteiger partial charge in [-0.05, 0) is 74.0 Å². The van der Waals surface area contributed by atoms with Gasteiger partial charge in [0.25, 0.3) is 0 Å². The molecule has 7 rings (SSSR count). The molecular weight excluding hydrogens is 236 g/mol. The molecule has 0 aliphatic heterocycles. The minimum Gasteiger partial charge on any atom is -0.389 e. The average Bonchev–Trinajstić information content (AvgIpc) is 2.41. The third-order valence-corrected chi connectivity index (χ3v) is 7.63. The van der Waals surface area contributed by atoms with Crippen LogP contribution < -0.4 is 0 Å². The molecule has 0 radical (unpaired) electrons. The zero-order chi connectivity index (χ0) is 12.8. The standard InChI is InChI=1S/C17H26O2/c1-2-3-19-16-7-12-11-4-10-5-14(12)17(18,9-16)15(6-10)13(11)8-16/h10-15,18H,2-9H2,1H3. The summed E-state index contributed by atoms with van der Waals surface area (Å²) in [4.78, 5) is 0. The molecule has 0 saturated heterocycles. The van der Waals surface area contributed by atoms with Crippen LogP contribution in [0.5, 0.6) is 0 Å². The first-order valence-corrected chi connectivity index (χ1v) is 8.51. The molecule has 7 aliphatic carbocycles. The predicted octanol–water partition coefficient (Wildman–Crippen LogP) is 2.99. The molecule has 8 bridgehead atoms. The first kappa shape index (κ1) is 11.6. The molecule has 0 aromatic heterocycles. The van der Waals surface area contributed by atoms with Crippen LogP contribution in [-0.4, -0.2) is 22.9 Å². The van der Waals surface area contributed by atoms with E-state index in [2.05, 4.69) is 6.92 Å². The molecular formula is C17H26O2. The maximum atomic E-state index is 11.4. The van der Waals surface area contributed by atoms with Gasteiger partial charge in [0.15, 0.2) is 0 Å². The Morgan fingerprint density at radius 2 is 1.74 bits per heavy atom. The third-order valence-electron chi connectivity index (χ3n) is 7.63. The van der Waals surface area contributed by atoms with Crippen LogP contribution in [0.25, 0.3) is 0 Å². The third kappa shape index (κ3) is 1.22. The Kier molecular flexibility index (Phi) is 2.06. The smallest absolute Gasteiger partial charge is 0.0736 e. The van der Waals surface area contributed by atoms with Crippen LogP contribution in [0.4, 0.5) is 0 Å². The molecule has 2 nitrogen and oxygen atoms in total. The van der Waals surface area contributed by atoms with Crippen LogP contribution in [0.1, 0.15) is 51.9 Å². The van der Waals surface area contributed by atoms with Gasteiger partial charge >= 0.3 is 0 Å². The highest BCUT2D eigenvalue weighted by Gasteiger charge is 2.73. The van der Waals surface area contributed by atoms with Crippen molar-refractivity contribution in [3.05, 3.63) is 0 Å². The van der Waals surface area contributed by atoms with E-state index in [4.69, 9.17) is 4.74 Å². The lowest BCUT2D eigenvalue weighted by Gasteiger charge is -2.75. The fourth-order valence-corrected chi connectivity index (χ4v) is 7.37. The quantitative estimate of drug-likeness (QED) is 0.847. The summed E-state index contributed by atoms with van der Waals surface area (Å²) < 4.78 is 6.33. The monoisotopic (exact) mass is 262 g/mol. The molecule has 0 spiro atoms. The maximum Gasteiger partial charge on any atom is 0.0736 e. The van der Waals surface area contributed by atoms with E-state index in [-0.39, 0.29) is 11.2 Å². The summed E-state index contributed by atoms with van der Waals surface area (Å²) >= 11 is 0. The predicted molar refractivity (Wildman–Crippen MR) is 72.6 cm³/mol. The molecule has 0 aromatic rings. The van der Waals surface area contributed by atoms with Crippen LogP contribution >= 0.6 is 0 Å². The highest BCUT2D eigenvalue weighted by molar-refractivity contribution is 5.23. The molecule has 106 valence electrons. The van der Waals surface area contributed by atoms with Gasteiger partial charge in [-0.2, -0.15) is 0 Å². The topological polar surface area (TPSA) is 29.5 Å². The van der Waals surface area contributed by atoms with Crippen molar-refractivity contribution in [3.8, 4) is 0 Å². The van der Waals surface area contributed by atoms with Crippen LogP contribution in [0, 0.1) is 35.5 Å². The number of hydrogen-bond acceptors (Lipinski definition) is 2. The Hall–Kier alpha value is -0.0800. The van der Waals surface area contributed by atoms with Crippen molar-refractivity contribution < 1.29 is 9.84 Å². The lowest BCUT2D eigenvalue weighted by Crippen LogP contribution is -2.75. The lowest BCUT2D eigenvalue weighted by molar-refractivity contribution is -0.330. The van der Waals surface area contributed by atoms with Crippen molar-refractivity contribution >= 4 is 0 Å². The molecule has 4 unspecified atom stereocenters. The average molecular weight is 262 g/mol. The maximum absolute atomic E-state index is 11.4. The Balaban J connectivity index is 1.56. The molecule has 7 aliphatic rings. The van der Waals surface area contributed by atoms with Gasteiger partial charge in [-0.3, -0.25) is 0 Å². The summed E-state index contributed by atoms with van der Waals surface area (Å²) in [5.74, 6) is 4.75. The number of aliphatic hydroxyl groups is 1. The van der Waals surface area contributed by atoms with E-state index in [0.717, 1.165) is 43.1 Å². The molecule has 0 heterocycles. The van der Waals surface area contributed by atoms with E-state index in [1.165, 1.54) is 32.1 Å². The van der Waals surface area contributed by atoms with Gasteiger partial charge in [0.05, 0.1) is 11.2 Å². The largest absolute Gasteiger partial charge is 0.389 e. The molecule has 7 fully saturated rings. The van der Waals surface area contributed by atoms with Gasteiger partial charge in [0.2, 0.25) is 0 Å². The molecule has 7 saturated carbocycles. The molecule has 0 amide bonds. The summed E-state index contributed by atoms with van der Waals surface area (Å²) in [6.45, 7) is 3.08. The number of rotatable bonds is 3. The van der Waals surface area contributed by atoms with Crippen LogP contribution in [0.15, 0.2) is 0 Å². The highest BCUT2D eigenvalue weighted by atomic mass is 16.5. The Morgan fingerprint density at radius 1 is 1.05 bits per heavy atom. The molecule has 2 heteroatoms. The molecule has 19 heavy (non-hydrogen) atoms. The van der Waals surface area contributed by atoms with Crippen molar-refractivity contribution in [1.82, 2.24) is 0 Å². The van der Waals surface area contributed by atoms with Crippen LogP contribution in [0.3, 0.4) is 0 Å². The summed E-state index contributed by atoms with van der Waals surface area (Å²) in [6, 6.07) is 0. The second-order valence-electron chi connectivity index (χ2n) is 8.39. The van der Waals surface area contributed by atoms with Crippen LogP contribution in [-0.2, 0) is 4.74 Å². The SMILES string of the molecule is CCCOC12CC3C4CC5CC3C(O)(C1)C(C5)C4C2. The van der Waals surface area contributed by atoms with E-state index in [1.54, 1.807) is 0 Å². The first-order chi connectivity index (χ1) is 9.15. The van der Waals surface area contributed by atoms with Gasteiger partial charge in [-0.15, -0.1) is 0 Å². The van der Waals surface area contributed by atoms with Gasteiger partial charge in [-0.25, -0.2) is 0 Å². The second-order valence-corrected chi connectivity index (χ2v) is 8.39. The van der Waals surface area contributed by atoms with E-state index in [9.17, 15) is 5.11 Å². The van der Waals surface area contributed by atoms with E-state index in [0.29, 0.717) is 11.8 Å². The van der Waals surface area contributed by atoms with Crippen molar-refractivity contribution in [3.63, 3.8) is 0 Å². The summed E-state index contributed by atoms with van der Waals surface area (Å²) in [7, 11) is 0. The van der Waals surface area contributed by atoms with Gasteiger partial charge in [0.1, 0.15) is 0 Å². The Morgan fingerprint density at radius 3 is 2.37 bits per heavy atom. The minimum absolute atomic E-state index is 0.0633. The number of ether oxygens (including phenoxy) is 1. The zero-order valence-corrected chi connectivity index (χ0v) is 12.0. The summed E-state index contributed by atoms with van der Waals surface area (Å²) in [6.07, 6.45) is 8.72. The van der Waals surface area contributed by atoms with Crippen molar-refractivity contribution in [1.29, 1.82) is 0 Å². The minimum atomic E-state index is -0.340. The Bertz CT molecular complexity index is 393. The van der Waals surface area contributed by atoms with Crippen molar-refractivity contribution in [2.45, 2.75) is 63.1 Å². The first-order valence-electron chi connectivity index (χ1n) is 8.51. The molecule has 1 N–H and O–H groups in total.